The molecule has 3 aromatic carbocycles. The van der Waals surface area contributed by atoms with Crippen molar-refractivity contribution in [3.8, 4) is 0 Å². The molecule has 2 amide bonds. The number of hydrogen-bond donors (Lipinski definition) is 1. The number of rotatable bonds is 9. The van der Waals surface area contributed by atoms with Gasteiger partial charge in [0.05, 0.1) is 12.1 Å². The normalized spacial score (nSPS) is 11.9. The van der Waals surface area contributed by atoms with Crippen LogP contribution in [0.15, 0.2) is 66.7 Å². The van der Waals surface area contributed by atoms with Crippen LogP contribution in [-0.4, -0.2) is 47.1 Å². The highest BCUT2D eigenvalue weighted by Crippen LogP contribution is 2.31. The first-order chi connectivity index (χ1) is 17.4. The van der Waals surface area contributed by atoms with E-state index in [1.807, 2.05) is 0 Å². The Kier molecular flexibility index (Phi) is 7.65. The fraction of sp³-hybridized carbons (Fsp3) is 0.231. The number of anilines is 1. The van der Waals surface area contributed by atoms with Crippen molar-refractivity contribution in [1.82, 2.24) is 20.3 Å². The summed E-state index contributed by atoms with van der Waals surface area (Å²) < 4.78 is 36.0. The van der Waals surface area contributed by atoms with Crippen LogP contribution in [0.3, 0.4) is 0 Å². The Morgan fingerprint density at radius 1 is 1.06 bits per heavy atom. The second-order valence-electron chi connectivity index (χ2n) is 8.14. The van der Waals surface area contributed by atoms with Crippen molar-refractivity contribution in [3.05, 3.63) is 89.5 Å². The molecule has 8 nitrogen and oxygen atoms in total. The van der Waals surface area contributed by atoms with Crippen molar-refractivity contribution >= 4 is 28.5 Å². The van der Waals surface area contributed by atoms with Crippen molar-refractivity contribution < 1.29 is 23.1 Å². The smallest absolute Gasteiger partial charge is 0.249 e. The third-order valence-electron chi connectivity index (χ3n) is 5.72. The molecule has 0 unspecified atom stereocenters. The number of methoxy groups -OCH3 is 1. The molecule has 10 heteroatoms. The monoisotopic (exact) mass is 493 g/mol. The Bertz CT molecular complexity index is 1390. The summed E-state index contributed by atoms with van der Waals surface area (Å²) in [6, 6.07) is 15.5. The van der Waals surface area contributed by atoms with Gasteiger partial charge in [0.1, 0.15) is 29.7 Å². The summed E-state index contributed by atoms with van der Waals surface area (Å²) in [5, 5.41) is 10.8. The van der Waals surface area contributed by atoms with Crippen LogP contribution in [0.4, 0.5) is 14.5 Å². The van der Waals surface area contributed by atoms with Gasteiger partial charge >= 0.3 is 0 Å². The summed E-state index contributed by atoms with van der Waals surface area (Å²) in [6.45, 7) is 1.62. The van der Waals surface area contributed by atoms with Gasteiger partial charge in [-0.2, -0.15) is 0 Å². The summed E-state index contributed by atoms with van der Waals surface area (Å²) >= 11 is 0. The van der Waals surface area contributed by atoms with E-state index in [1.165, 1.54) is 42.1 Å². The van der Waals surface area contributed by atoms with Gasteiger partial charge in [0.15, 0.2) is 0 Å². The lowest BCUT2D eigenvalue weighted by atomic mass is 10.0. The van der Waals surface area contributed by atoms with Crippen LogP contribution >= 0.6 is 0 Å². The molecule has 36 heavy (non-hydrogen) atoms. The van der Waals surface area contributed by atoms with Crippen molar-refractivity contribution in [2.24, 2.45) is 0 Å². The lowest BCUT2D eigenvalue weighted by Crippen LogP contribution is -2.46. The number of amides is 2. The highest BCUT2D eigenvalue weighted by atomic mass is 19.1. The highest BCUT2D eigenvalue weighted by Gasteiger charge is 2.35. The van der Waals surface area contributed by atoms with Gasteiger partial charge in [0.25, 0.3) is 0 Å². The minimum Gasteiger partial charge on any atom is -0.383 e. The third kappa shape index (κ3) is 5.23. The van der Waals surface area contributed by atoms with E-state index >= 15 is 4.39 Å². The number of carbonyl (C=O) groups excluding carboxylic acids is 2. The summed E-state index contributed by atoms with van der Waals surface area (Å²) in [7, 11) is 1.48. The van der Waals surface area contributed by atoms with Crippen molar-refractivity contribution in [1.29, 1.82) is 0 Å². The average molecular weight is 494 g/mol. The van der Waals surface area contributed by atoms with E-state index in [9.17, 15) is 14.0 Å². The molecule has 1 N–H and O–H groups in total. The highest BCUT2D eigenvalue weighted by molar-refractivity contribution is 6.01. The Morgan fingerprint density at radius 2 is 1.81 bits per heavy atom. The quantitative estimate of drug-likeness (QED) is 0.360. The second-order valence-corrected chi connectivity index (χ2v) is 8.14. The molecule has 4 rings (SSSR count). The maximum atomic E-state index is 15.0. The van der Waals surface area contributed by atoms with E-state index in [1.54, 1.807) is 37.3 Å². The van der Waals surface area contributed by atoms with E-state index in [-0.39, 0.29) is 30.9 Å². The SMILES string of the molecule is COCCNC(=O)[C@H](c1ccccc1F)N(C(=O)Cn1nnc2ccccc21)c1ccc(C)c(F)c1. The largest absolute Gasteiger partial charge is 0.383 e. The molecule has 0 aliphatic rings. The Hall–Kier alpha value is -4.18. The predicted octanol–water partition coefficient (Wildman–Crippen LogP) is 3.56. The number of carbonyl (C=O) groups is 2. The minimum atomic E-state index is -1.42. The zero-order valence-corrected chi connectivity index (χ0v) is 19.8. The molecule has 0 aliphatic heterocycles. The molecule has 4 aromatic rings. The molecule has 0 fully saturated rings. The third-order valence-corrected chi connectivity index (χ3v) is 5.72. The molecule has 1 aromatic heterocycles. The number of halogens is 2. The predicted molar refractivity (Wildman–Crippen MR) is 130 cm³/mol. The molecule has 0 aliphatic carbocycles. The summed E-state index contributed by atoms with van der Waals surface area (Å²) in [5.41, 5.74) is 1.61. The van der Waals surface area contributed by atoms with Crippen LogP contribution in [0.5, 0.6) is 0 Å². The van der Waals surface area contributed by atoms with Gasteiger partial charge in [0, 0.05) is 24.9 Å². The number of para-hydroxylation sites is 1. The first-order valence-corrected chi connectivity index (χ1v) is 11.3. The van der Waals surface area contributed by atoms with Crippen LogP contribution in [0.1, 0.15) is 17.2 Å². The van der Waals surface area contributed by atoms with E-state index in [0.717, 1.165) is 11.0 Å². The molecular formula is C26H25F2N5O3. The zero-order chi connectivity index (χ0) is 25.7. The molecule has 0 bridgehead atoms. The van der Waals surface area contributed by atoms with Crippen LogP contribution < -0.4 is 10.2 Å². The number of aryl methyl sites for hydroxylation is 1. The van der Waals surface area contributed by atoms with Gasteiger partial charge in [-0.3, -0.25) is 14.5 Å². The van der Waals surface area contributed by atoms with Crippen molar-refractivity contribution in [2.45, 2.75) is 19.5 Å². The van der Waals surface area contributed by atoms with E-state index < -0.39 is 29.5 Å². The molecule has 0 radical (unpaired) electrons. The Labute approximate surface area is 206 Å². The van der Waals surface area contributed by atoms with Gasteiger partial charge in [-0.05, 0) is 42.8 Å². The minimum absolute atomic E-state index is 0.0369. The molecule has 0 saturated heterocycles. The zero-order valence-electron chi connectivity index (χ0n) is 19.8. The number of nitrogens with zero attached hydrogens (tertiary/aromatic N) is 4. The van der Waals surface area contributed by atoms with Gasteiger partial charge in [-0.25, -0.2) is 13.5 Å². The fourth-order valence-corrected chi connectivity index (χ4v) is 3.87. The number of nitrogens with one attached hydrogen (secondary N) is 1. The topological polar surface area (TPSA) is 89.4 Å². The molecule has 0 spiro atoms. The van der Waals surface area contributed by atoms with Crippen molar-refractivity contribution in [2.75, 3.05) is 25.2 Å². The van der Waals surface area contributed by atoms with Gasteiger partial charge in [0.2, 0.25) is 11.8 Å². The number of ether oxygens (including phenoxy) is 1. The van der Waals surface area contributed by atoms with Gasteiger partial charge < -0.3 is 10.1 Å². The summed E-state index contributed by atoms with van der Waals surface area (Å²) in [6.07, 6.45) is 0. The second kappa shape index (κ2) is 11.0. The molecule has 0 saturated carbocycles. The number of fused-ring (bicyclic) bond motifs is 1. The maximum absolute atomic E-state index is 15.0. The molecular weight excluding hydrogens is 468 g/mol. The van der Waals surface area contributed by atoms with E-state index in [0.29, 0.717) is 16.6 Å². The molecule has 186 valence electrons. The van der Waals surface area contributed by atoms with Crippen LogP contribution in [0.25, 0.3) is 11.0 Å². The summed E-state index contributed by atoms with van der Waals surface area (Å²) in [4.78, 5) is 28.3. The van der Waals surface area contributed by atoms with Crippen molar-refractivity contribution in [3.63, 3.8) is 0 Å². The molecule has 1 atom stereocenters. The van der Waals surface area contributed by atoms with E-state index in [4.69, 9.17) is 4.74 Å². The lowest BCUT2D eigenvalue weighted by molar-refractivity contribution is -0.127. The number of aromatic nitrogens is 3. The van der Waals surface area contributed by atoms with Gasteiger partial charge in [-0.1, -0.05) is 41.6 Å². The Morgan fingerprint density at radius 3 is 2.56 bits per heavy atom. The fourth-order valence-electron chi connectivity index (χ4n) is 3.87. The van der Waals surface area contributed by atoms with Crippen LogP contribution in [0, 0.1) is 18.6 Å². The summed E-state index contributed by atoms with van der Waals surface area (Å²) in [5.74, 6) is -2.50. The molecule has 1 heterocycles. The number of benzene rings is 3. The maximum Gasteiger partial charge on any atom is 0.249 e. The first-order valence-electron chi connectivity index (χ1n) is 11.3. The van der Waals surface area contributed by atoms with Crippen LogP contribution in [-0.2, 0) is 20.9 Å². The average Bonchev–Trinajstić information content (AvgIpc) is 3.27. The number of hydrogen-bond acceptors (Lipinski definition) is 5. The lowest BCUT2D eigenvalue weighted by Gasteiger charge is -2.32. The Balaban J connectivity index is 1.81. The van der Waals surface area contributed by atoms with E-state index in [2.05, 4.69) is 15.6 Å². The van der Waals surface area contributed by atoms with Gasteiger partial charge in [-0.15, -0.1) is 5.10 Å². The van der Waals surface area contributed by atoms with Crippen LogP contribution in [0.2, 0.25) is 0 Å². The standard InChI is InChI=1S/C26H25F2N5O3/c1-17-11-12-18(15-21(17)28)33(24(34)16-32-23-10-6-5-9-22(23)30-31-32)25(26(35)29-13-14-36-2)19-7-3-4-8-20(19)27/h3-12,15,25H,13-14,16H2,1-2H3,(H,29,35)/t25-/m0/s1. The first kappa shape index (κ1) is 24.9.